The summed E-state index contributed by atoms with van der Waals surface area (Å²) >= 11 is 0. The van der Waals surface area contributed by atoms with Gasteiger partial charge in [-0.3, -0.25) is 0 Å². The summed E-state index contributed by atoms with van der Waals surface area (Å²) in [6.45, 7) is 2.21. The number of benzene rings is 2. The van der Waals surface area contributed by atoms with Crippen LogP contribution in [0.4, 0.5) is 8.78 Å². The SMILES string of the molecule is CCCC1CC=C(c2ccc3c(oc4c(F)c(OC5CCCC5)ccc43)c2F)CC1. The smallest absolute Gasteiger partial charge is 0.208 e. The van der Waals surface area contributed by atoms with Crippen LogP contribution in [0.15, 0.2) is 34.8 Å². The van der Waals surface area contributed by atoms with Crippen molar-refractivity contribution >= 4 is 27.5 Å². The van der Waals surface area contributed by atoms with Gasteiger partial charge in [-0.1, -0.05) is 31.9 Å². The number of fused-ring (bicyclic) bond motifs is 3. The Morgan fingerprint density at radius 3 is 2.40 bits per heavy atom. The number of halogens is 2. The molecular formula is C26H28F2O2. The van der Waals surface area contributed by atoms with Crippen molar-refractivity contribution in [1.29, 1.82) is 0 Å². The molecule has 0 radical (unpaired) electrons. The lowest BCUT2D eigenvalue weighted by molar-refractivity contribution is 0.201. The summed E-state index contributed by atoms with van der Waals surface area (Å²) in [6.07, 6.45) is 11.7. The van der Waals surface area contributed by atoms with Crippen LogP contribution in [0, 0.1) is 17.6 Å². The molecular weight excluding hydrogens is 382 g/mol. The minimum Gasteiger partial charge on any atom is -0.487 e. The predicted octanol–water partition coefficient (Wildman–Crippen LogP) is 8.17. The Balaban J connectivity index is 1.52. The molecule has 3 aromatic rings. The van der Waals surface area contributed by atoms with E-state index in [2.05, 4.69) is 13.0 Å². The molecule has 0 bridgehead atoms. The topological polar surface area (TPSA) is 22.4 Å². The zero-order chi connectivity index (χ0) is 20.7. The van der Waals surface area contributed by atoms with E-state index in [-0.39, 0.29) is 28.8 Å². The Kier molecular flexibility index (Phi) is 5.26. The molecule has 2 aromatic carbocycles. The number of allylic oxidation sites excluding steroid dienone is 2. The van der Waals surface area contributed by atoms with Gasteiger partial charge >= 0.3 is 0 Å². The highest BCUT2D eigenvalue weighted by atomic mass is 19.1. The zero-order valence-electron chi connectivity index (χ0n) is 17.5. The standard InChI is InChI=1S/C26H28F2O2/c1-2-5-16-8-10-17(11-9-16)19-12-13-20-21-14-15-22(29-18-6-3-4-7-18)24(28)26(21)30-25(20)23(19)27/h10,12-16,18H,2-9,11H2,1H3. The molecule has 1 saturated carbocycles. The van der Waals surface area contributed by atoms with Crippen molar-refractivity contribution in [3.05, 3.63) is 47.5 Å². The lowest BCUT2D eigenvalue weighted by atomic mass is 9.84. The molecule has 1 unspecified atom stereocenters. The monoisotopic (exact) mass is 410 g/mol. The third-order valence-electron chi connectivity index (χ3n) is 6.81. The summed E-state index contributed by atoms with van der Waals surface area (Å²) in [7, 11) is 0. The highest BCUT2D eigenvalue weighted by Gasteiger charge is 2.24. The number of furan rings is 1. The molecule has 0 amide bonds. The third-order valence-corrected chi connectivity index (χ3v) is 6.81. The Labute approximate surface area is 175 Å². The summed E-state index contributed by atoms with van der Waals surface area (Å²) in [4.78, 5) is 0. The summed E-state index contributed by atoms with van der Waals surface area (Å²) in [5.41, 5.74) is 1.83. The number of hydrogen-bond acceptors (Lipinski definition) is 2. The maximum Gasteiger partial charge on any atom is 0.208 e. The van der Waals surface area contributed by atoms with Gasteiger partial charge in [0.25, 0.3) is 0 Å². The molecule has 0 aliphatic heterocycles. The van der Waals surface area contributed by atoms with Crippen LogP contribution in [0.25, 0.3) is 27.5 Å². The van der Waals surface area contributed by atoms with Crippen LogP contribution in [0.1, 0.15) is 70.3 Å². The summed E-state index contributed by atoms with van der Waals surface area (Å²) < 4.78 is 42.1. The fraction of sp³-hybridized carbons (Fsp3) is 0.462. The minimum absolute atomic E-state index is 0.0550. The zero-order valence-corrected chi connectivity index (χ0v) is 17.5. The van der Waals surface area contributed by atoms with Crippen LogP contribution < -0.4 is 4.74 Å². The number of hydrogen-bond donors (Lipinski definition) is 0. The molecule has 158 valence electrons. The van der Waals surface area contributed by atoms with Gasteiger partial charge in [-0.2, -0.15) is 4.39 Å². The molecule has 1 atom stereocenters. The van der Waals surface area contributed by atoms with Crippen molar-refractivity contribution in [2.45, 2.75) is 70.8 Å². The molecule has 1 aromatic heterocycles. The van der Waals surface area contributed by atoms with E-state index in [9.17, 15) is 0 Å². The van der Waals surface area contributed by atoms with E-state index < -0.39 is 5.82 Å². The average Bonchev–Trinajstić information content (AvgIpc) is 3.40. The van der Waals surface area contributed by atoms with Gasteiger partial charge in [0.2, 0.25) is 5.82 Å². The lowest BCUT2D eigenvalue weighted by Gasteiger charge is -2.21. The van der Waals surface area contributed by atoms with Gasteiger partial charge < -0.3 is 9.15 Å². The molecule has 4 heteroatoms. The van der Waals surface area contributed by atoms with Gasteiger partial charge in [-0.25, -0.2) is 4.39 Å². The van der Waals surface area contributed by atoms with Crippen molar-refractivity contribution in [3.63, 3.8) is 0 Å². The summed E-state index contributed by atoms with van der Waals surface area (Å²) in [5, 5.41) is 1.20. The summed E-state index contributed by atoms with van der Waals surface area (Å²) in [5.74, 6) is -0.0208. The Hall–Kier alpha value is -2.36. The van der Waals surface area contributed by atoms with Gasteiger partial charge in [0.15, 0.2) is 22.7 Å². The molecule has 1 heterocycles. The van der Waals surface area contributed by atoms with Gasteiger partial charge in [0.05, 0.1) is 6.10 Å². The van der Waals surface area contributed by atoms with Crippen LogP contribution in [-0.2, 0) is 0 Å². The Morgan fingerprint density at radius 2 is 1.70 bits per heavy atom. The van der Waals surface area contributed by atoms with Crippen LogP contribution in [0.2, 0.25) is 0 Å². The second kappa shape index (κ2) is 8.05. The van der Waals surface area contributed by atoms with Crippen LogP contribution in [0.5, 0.6) is 5.75 Å². The second-order valence-corrected chi connectivity index (χ2v) is 8.84. The molecule has 5 rings (SSSR count). The first kappa shape index (κ1) is 19.6. The largest absolute Gasteiger partial charge is 0.487 e. The third kappa shape index (κ3) is 3.40. The van der Waals surface area contributed by atoms with E-state index in [1.165, 1.54) is 12.8 Å². The quantitative estimate of drug-likeness (QED) is 0.423. The predicted molar refractivity (Wildman–Crippen MR) is 117 cm³/mol. The highest BCUT2D eigenvalue weighted by molar-refractivity contribution is 6.06. The van der Waals surface area contributed by atoms with Crippen LogP contribution >= 0.6 is 0 Å². The molecule has 0 N–H and O–H groups in total. The van der Waals surface area contributed by atoms with Crippen molar-refractivity contribution in [1.82, 2.24) is 0 Å². The van der Waals surface area contributed by atoms with Crippen molar-refractivity contribution in [2.24, 2.45) is 5.92 Å². The molecule has 0 saturated heterocycles. The fourth-order valence-corrected chi connectivity index (χ4v) is 5.15. The Bertz CT molecular complexity index is 1110. The molecule has 0 spiro atoms. The Morgan fingerprint density at radius 1 is 0.967 bits per heavy atom. The maximum atomic E-state index is 15.4. The van der Waals surface area contributed by atoms with Gasteiger partial charge in [0.1, 0.15) is 0 Å². The van der Waals surface area contributed by atoms with E-state index in [0.717, 1.165) is 50.5 Å². The maximum absolute atomic E-state index is 15.4. The van der Waals surface area contributed by atoms with Gasteiger partial charge in [0, 0.05) is 16.3 Å². The van der Waals surface area contributed by atoms with E-state index in [0.29, 0.717) is 22.3 Å². The van der Waals surface area contributed by atoms with E-state index in [1.807, 2.05) is 12.1 Å². The minimum atomic E-state index is -0.532. The van der Waals surface area contributed by atoms with Crippen molar-refractivity contribution in [3.8, 4) is 5.75 Å². The first-order valence-electron chi connectivity index (χ1n) is 11.3. The van der Waals surface area contributed by atoms with E-state index >= 15 is 8.78 Å². The van der Waals surface area contributed by atoms with Crippen molar-refractivity contribution in [2.75, 3.05) is 0 Å². The van der Waals surface area contributed by atoms with Crippen LogP contribution in [0.3, 0.4) is 0 Å². The van der Waals surface area contributed by atoms with Gasteiger partial charge in [-0.15, -0.1) is 0 Å². The first-order chi connectivity index (χ1) is 14.7. The number of ether oxygens (including phenoxy) is 1. The molecule has 1 fully saturated rings. The normalized spacial score (nSPS) is 20.2. The molecule has 2 aliphatic carbocycles. The van der Waals surface area contributed by atoms with E-state index in [1.54, 1.807) is 12.1 Å². The summed E-state index contributed by atoms with van der Waals surface area (Å²) in [6, 6.07) is 7.10. The number of rotatable bonds is 5. The fourth-order valence-electron chi connectivity index (χ4n) is 5.15. The van der Waals surface area contributed by atoms with Crippen molar-refractivity contribution < 1.29 is 17.9 Å². The lowest BCUT2D eigenvalue weighted by Crippen LogP contribution is -2.11. The highest BCUT2D eigenvalue weighted by Crippen LogP contribution is 2.40. The molecule has 2 aliphatic rings. The molecule has 2 nitrogen and oxygen atoms in total. The van der Waals surface area contributed by atoms with Crippen LogP contribution in [-0.4, -0.2) is 6.10 Å². The second-order valence-electron chi connectivity index (χ2n) is 8.84. The van der Waals surface area contributed by atoms with E-state index in [4.69, 9.17) is 9.15 Å². The molecule has 30 heavy (non-hydrogen) atoms. The first-order valence-corrected chi connectivity index (χ1v) is 11.3. The average molecular weight is 411 g/mol. The van der Waals surface area contributed by atoms with Gasteiger partial charge in [-0.05, 0) is 74.6 Å².